The van der Waals surface area contributed by atoms with Gasteiger partial charge in [-0.2, -0.15) is 11.8 Å². The van der Waals surface area contributed by atoms with Crippen molar-refractivity contribution in [2.24, 2.45) is 5.92 Å². The minimum absolute atomic E-state index is 0.0672. The van der Waals surface area contributed by atoms with Gasteiger partial charge in [-0.05, 0) is 19.2 Å². The van der Waals surface area contributed by atoms with Crippen molar-refractivity contribution in [3.63, 3.8) is 0 Å². The summed E-state index contributed by atoms with van der Waals surface area (Å²) in [6.07, 6.45) is 0.816. The van der Waals surface area contributed by atoms with E-state index >= 15 is 0 Å². The Morgan fingerprint density at radius 2 is 2.29 bits per heavy atom. The van der Waals surface area contributed by atoms with Gasteiger partial charge in [-0.25, -0.2) is 0 Å². The van der Waals surface area contributed by atoms with Gasteiger partial charge in [-0.1, -0.05) is 0 Å². The van der Waals surface area contributed by atoms with Crippen molar-refractivity contribution in [3.8, 4) is 0 Å². The first-order valence-electron chi connectivity index (χ1n) is 6.01. The van der Waals surface area contributed by atoms with Crippen LogP contribution in [0.15, 0.2) is 0 Å². The monoisotopic (exact) mass is 262 g/mol. The second kappa shape index (κ2) is 8.74. The van der Waals surface area contributed by atoms with Gasteiger partial charge in [-0.15, -0.1) is 0 Å². The molecule has 100 valence electrons. The van der Waals surface area contributed by atoms with Crippen molar-refractivity contribution in [2.75, 3.05) is 44.9 Å². The van der Waals surface area contributed by atoms with Gasteiger partial charge in [0.05, 0.1) is 19.1 Å². The molecule has 0 bridgehead atoms. The first-order valence-corrected chi connectivity index (χ1v) is 7.16. The molecule has 6 heteroatoms. The molecule has 0 aromatic rings. The first kappa shape index (κ1) is 14.8. The SMILES string of the molecule is CNC1COCC1C(=O)NCCSCCCO. The van der Waals surface area contributed by atoms with E-state index in [4.69, 9.17) is 9.84 Å². The molecule has 3 N–H and O–H groups in total. The quantitative estimate of drug-likeness (QED) is 0.512. The standard InChI is InChI=1S/C11H22N2O3S/c1-12-10-8-16-7-9(10)11(15)13-3-6-17-5-2-4-14/h9-10,12,14H,2-8H2,1H3,(H,13,15). The number of rotatable bonds is 8. The van der Waals surface area contributed by atoms with Gasteiger partial charge < -0.3 is 20.5 Å². The van der Waals surface area contributed by atoms with Crippen molar-refractivity contribution >= 4 is 17.7 Å². The van der Waals surface area contributed by atoms with E-state index in [9.17, 15) is 4.79 Å². The van der Waals surface area contributed by atoms with Crippen LogP contribution in [0.2, 0.25) is 0 Å². The fourth-order valence-electron chi connectivity index (χ4n) is 1.74. The highest BCUT2D eigenvalue weighted by atomic mass is 32.2. The molecule has 0 aromatic carbocycles. The molecule has 1 aliphatic rings. The Morgan fingerprint density at radius 3 is 3.00 bits per heavy atom. The third-order valence-corrected chi connectivity index (χ3v) is 3.85. The number of carbonyl (C=O) groups is 1. The molecule has 0 aliphatic carbocycles. The highest BCUT2D eigenvalue weighted by molar-refractivity contribution is 7.99. The van der Waals surface area contributed by atoms with Crippen LogP contribution in [-0.4, -0.2) is 62.0 Å². The van der Waals surface area contributed by atoms with Gasteiger partial charge in [0.25, 0.3) is 0 Å². The Kier molecular flexibility index (Phi) is 7.59. The molecule has 1 saturated heterocycles. The molecule has 0 saturated carbocycles. The van der Waals surface area contributed by atoms with E-state index in [1.165, 1.54) is 0 Å². The Balaban J connectivity index is 2.08. The number of amides is 1. The molecule has 1 fully saturated rings. The van der Waals surface area contributed by atoms with Crippen LogP contribution < -0.4 is 10.6 Å². The lowest BCUT2D eigenvalue weighted by Gasteiger charge is -2.16. The van der Waals surface area contributed by atoms with Crippen molar-refractivity contribution in [1.29, 1.82) is 0 Å². The fourth-order valence-corrected chi connectivity index (χ4v) is 2.53. The van der Waals surface area contributed by atoms with Gasteiger partial charge in [0.1, 0.15) is 0 Å². The lowest BCUT2D eigenvalue weighted by Crippen LogP contribution is -2.43. The van der Waals surface area contributed by atoms with E-state index in [0.717, 1.165) is 17.9 Å². The molecule has 1 heterocycles. The molecule has 0 spiro atoms. The Labute approximate surface area is 107 Å². The number of nitrogens with one attached hydrogen (secondary N) is 2. The normalized spacial score (nSPS) is 23.9. The van der Waals surface area contributed by atoms with Crippen LogP contribution >= 0.6 is 11.8 Å². The topological polar surface area (TPSA) is 70.6 Å². The van der Waals surface area contributed by atoms with E-state index < -0.39 is 0 Å². The number of thioether (sulfide) groups is 1. The van der Waals surface area contributed by atoms with Gasteiger partial charge in [-0.3, -0.25) is 4.79 Å². The van der Waals surface area contributed by atoms with Crippen LogP contribution in [0.3, 0.4) is 0 Å². The number of carbonyl (C=O) groups excluding carboxylic acids is 1. The average Bonchev–Trinajstić information content (AvgIpc) is 2.81. The van der Waals surface area contributed by atoms with Crippen molar-refractivity contribution < 1.29 is 14.6 Å². The van der Waals surface area contributed by atoms with Crippen LogP contribution in [0.4, 0.5) is 0 Å². The van der Waals surface area contributed by atoms with Gasteiger partial charge >= 0.3 is 0 Å². The maximum Gasteiger partial charge on any atom is 0.227 e. The molecule has 0 aromatic heterocycles. The summed E-state index contributed by atoms with van der Waals surface area (Å²) in [4.78, 5) is 11.8. The Morgan fingerprint density at radius 1 is 1.47 bits per heavy atom. The van der Waals surface area contributed by atoms with Crippen LogP contribution in [0.5, 0.6) is 0 Å². The van der Waals surface area contributed by atoms with Crippen LogP contribution in [0.25, 0.3) is 0 Å². The predicted molar refractivity (Wildman–Crippen MR) is 69.2 cm³/mol. The zero-order chi connectivity index (χ0) is 12.5. The number of aliphatic hydroxyl groups excluding tert-OH is 1. The largest absolute Gasteiger partial charge is 0.396 e. The van der Waals surface area contributed by atoms with E-state index in [1.807, 2.05) is 7.05 Å². The number of ether oxygens (including phenoxy) is 1. The second-order valence-electron chi connectivity index (χ2n) is 4.02. The summed E-state index contributed by atoms with van der Waals surface area (Å²) < 4.78 is 5.28. The minimum Gasteiger partial charge on any atom is -0.396 e. The van der Waals surface area contributed by atoms with Crippen molar-refractivity contribution in [2.45, 2.75) is 12.5 Å². The highest BCUT2D eigenvalue weighted by Crippen LogP contribution is 2.13. The molecular formula is C11H22N2O3S. The maximum absolute atomic E-state index is 11.8. The summed E-state index contributed by atoms with van der Waals surface area (Å²) >= 11 is 1.75. The van der Waals surface area contributed by atoms with Crippen LogP contribution in [-0.2, 0) is 9.53 Å². The number of hydrogen-bond acceptors (Lipinski definition) is 5. The van der Waals surface area contributed by atoms with Gasteiger partial charge in [0, 0.05) is 24.9 Å². The lowest BCUT2D eigenvalue weighted by atomic mass is 10.0. The highest BCUT2D eigenvalue weighted by Gasteiger charge is 2.32. The van der Waals surface area contributed by atoms with E-state index in [0.29, 0.717) is 19.8 Å². The van der Waals surface area contributed by atoms with E-state index in [-0.39, 0.29) is 24.5 Å². The Bertz CT molecular complexity index is 229. The second-order valence-corrected chi connectivity index (χ2v) is 5.24. The number of aliphatic hydroxyl groups is 1. The molecule has 2 unspecified atom stereocenters. The third-order valence-electron chi connectivity index (χ3n) is 2.78. The molecule has 1 amide bonds. The summed E-state index contributed by atoms with van der Waals surface area (Å²) in [5.41, 5.74) is 0. The summed E-state index contributed by atoms with van der Waals surface area (Å²) in [6, 6.07) is 0.136. The summed E-state index contributed by atoms with van der Waals surface area (Å²) in [7, 11) is 1.85. The number of hydrogen-bond donors (Lipinski definition) is 3. The maximum atomic E-state index is 11.8. The summed E-state index contributed by atoms with van der Waals surface area (Å²) in [6.45, 7) is 2.04. The smallest absolute Gasteiger partial charge is 0.227 e. The molecule has 1 rings (SSSR count). The molecule has 5 nitrogen and oxygen atoms in total. The predicted octanol–water partition coefficient (Wildman–Crippen LogP) is -0.547. The molecule has 1 aliphatic heterocycles. The minimum atomic E-state index is -0.0672. The van der Waals surface area contributed by atoms with Gasteiger partial charge in [0.15, 0.2) is 0 Å². The Hall–Kier alpha value is -0.300. The van der Waals surface area contributed by atoms with Crippen LogP contribution in [0.1, 0.15) is 6.42 Å². The first-order chi connectivity index (χ1) is 8.29. The van der Waals surface area contributed by atoms with Crippen molar-refractivity contribution in [1.82, 2.24) is 10.6 Å². The lowest BCUT2D eigenvalue weighted by molar-refractivity contribution is -0.125. The van der Waals surface area contributed by atoms with Crippen molar-refractivity contribution in [3.05, 3.63) is 0 Å². The average molecular weight is 262 g/mol. The molecule has 2 atom stereocenters. The van der Waals surface area contributed by atoms with E-state index in [1.54, 1.807) is 11.8 Å². The number of likely N-dealkylation sites (N-methyl/N-ethyl adjacent to an activating group) is 1. The summed E-state index contributed by atoms with van der Waals surface area (Å²) in [5.74, 6) is 1.84. The van der Waals surface area contributed by atoms with Gasteiger partial charge in [0.2, 0.25) is 5.91 Å². The summed E-state index contributed by atoms with van der Waals surface area (Å²) in [5, 5.41) is 14.6. The molecule has 17 heavy (non-hydrogen) atoms. The zero-order valence-electron chi connectivity index (χ0n) is 10.3. The van der Waals surface area contributed by atoms with E-state index in [2.05, 4.69) is 10.6 Å². The molecular weight excluding hydrogens is 240 g/mol. The fraction of sp³-hybridized carbons (Fsp3) is 0.909. The zero-order valence-corrected chi connectivity index (χ0v) is 11.1. The molecule has 0 radical (unpaired) electrons. The van der Waals surface area contributed by atoms with Crippen LogP contribution in [0, 0.1) is 5.92 Å². The third kappa shape index (κ3) is 5.25.